The SMILES string of the molecule is N#Cc1ccc(N(C2CC2)S(=O)(=O)c2ccn3ncc(NC(=O)c4ccccc4)c3c2)nc1. The molecule has 164 valence electrons. The number of benzene rings is 1. The van der Waals surface area contributed by atoms with E-state index in [0.29, 0.717) is 22.3 Å². The minimum atomic E-state index is -3.94. The minimum absolute atomic E-state index is 0.0590. The van der Waals surface area contributed by atoms with Gasteiger partial charge in [0, 0.05) is 24.0 Å². The number of nitriles is 1. The van der Waals surface area contributed by atoms with Gasteiger partial charge in [0.25, 0.3) is 15.9 Å². The number of anilines is 2. The number of fused-ring (bicyclic) bond motifs is 1. The van der Waals surface area contributed by atoms with Crippen LogP contribution < -0.4 is 9.62 Å². The summed E-state index contributed by atoms with van der Waals surface area (Å²) in [5.74, 6) is -0.0531. The van der Waals surface area contributed by atoms with Crippen LogP contribution in [0.25, 0.3) is 5.52 Å². The molecule has 0 spiro atoms. The number of hydrogen-bond acceptors (Lipinski definition) is 6. The summed E-state index contributed by atoms with van der Waals surface area (Å²) in [5.41, 5.74) is 1.68. The van der Waals surface area contributed by atoms with E-state index >= 15 is 0 Å². The molecule has 1 amide bonds. The molecule has 0 unspecified atom stereocenters. The number of pyridine rings is 2. The van der Waals surface area contributed by atoms with Crippen molar-refractivity contribution in [3.05, 3.63) is 84.3 Å². The summed E-state index contributed by atoms with van der Waals surface area (Å²) in [4.78, 5) is 16.8. The second-order valence-corrected chi connectivity index (χ2v) is 9.43. The fourth-order valence-corrected chi connectivity index (χ4v) is 5.19. The molecule has 3 heterocycles. The molecule has 1 saturated carbocycles. The number of carbonyl (C=O) groups excluding carboxylic acids is 1. The lowest BCUT2D eigenvalue weighted by Crippen LogP contribution is -2.33. The van der Waals surface area contributed by atoms with Crippen LogP contribution in [-0.2, 0) is 10.0 Å². The van der Waals surface area contributed by atoms with Gasteiger partial charge in [-0.3, -0.25) is 4.79 Å². The normalized spacial score (nSPS) is 13.4. The minimum Gasteiger partial charge on any atom is -0.319 e. The van der Waals surface area contributed by atoms with E-state index in [1.54, 1.807) is 30.3 Å². The number of amides is 1. The first kappa shape index (κ1) is 20.7. The van der Waals surface area contributed by atoms with Crippen molar-refractivity contribution in [2.24, 2.45) is 0 Å². The third kappa shape index (κ3) is 3.90. The average Bonchev–Trinajstić information content (AvgIpc) is 3.59. The average molecular weight is 459 g/mol. The lowest BCUT2D eigenvalue weighted by Gasteiger charge is -2.23. The maximum Gasteiger partial charge on any atom is 0.265 e. The first-order chi connectivity index (χ1) is 16.0. The summed E-state index contributed by atoms with van der Waals surface area (Å²) in [7, 11) is -3.94. The van der Waals surface area contributed by atoms with Crippen molar-refractivity contribution in [3.8, 4) is 6.07 Å². The van der Waals surface area contributed by atoms with Gasteiger partial charge < -0.3 is 5.32 Å². The van der Waals surface area contributed by atoms with Gasteiger partial charge in [0.1, 0.15) is 11.9 Å². The van der Waals surface area contributed by atoms with Gasteiger partial charge in [0.05, 0.1) is 27.9 Å². The smallest absolute Gasteiger partial charge is 0.265 e. The van der Waals surface area contributed by atoms with E-state index in [9.17, 15) is 13.2 Å². The maximum atomic E-state index is 13.6. The zero-order valence-electron chi connectivity index (χ0n) is 17.3. The number of nitrogens with one attached hydrogen (secondary N) is 1. The molecule has 10 heteroatoms. The monoisotopic (exact) mass is 458 g/mol. The molecule has 4 aromatic rings. The standard InChI is InChI=1S/C23H18N6O3S/c24-13-16-6-9-22(25-14-16)29(18-7-8-18)33(31,32)19-10-11-28-21(12-19)20(15-26-28)27-23(30)17-4-2-1-3-5-17/h1-6,9-12,14-15,18H,7-8H2,(H,27,30). The van der Waals surface area contributed by atoms with Crippen molar-refractivity contribution in [1.29, 1.82) is 5.26 Å². The van der Waals surface area contributed by atoms with Crippen LogP contribution >= 0.6 is 0 Å². The van der Waals surface area contributed by atoms with Crippen LogP contribution in [0.15, 0.2) is 78.1 Å². The van der Waals surface area contributed by atoms with Crippen LogP contribution in [0.1, 0.15) is 28.8 Å². The van der Waals surface area contributed by atoms with Crippen LogP contribution in [0, 0.1) is 11.3 Å². The first-order valence-electron chi connectivity index (χ1n) is 10.2. The van der Waals surface area contributed by atoms with Crippen LogP contribution in [0.5, 0.6) is 0 Å². The quantitative estimate of drug-likeness (QED) is 0.474. The van der Waals surface area contributed by atoms with E-state index in [-0.39, 0.29) is 22.7 Å². The Hall–Kier alpha value is -4.23. The molecule has 1 aliphatic rings. The number of nitrogens with zero attached hydrogens (tertiary/aromatic N) is 5. The van der Waals surface area contributed by atoms with Crippen molar-refractivity contribution in [1.82, 2.24) is 14.6 Å². The summed E-state index contributed by atoms with van der Waals surface area (Å²) >= 11 is 0. The van der Waals surface area contributed by atoms with Gasteiger partial charge in [0.2, 0.25) is 0 Å². The lowest BCUT2D eigenvalue weighted by atomic mass is 10.2. The fourth-order valence-electron chi connectivity index (χ4n) is 3.51. The van der Waals surface area contributed by atoms with Gasteiger partial charge in [-0.05, 0) is 49.2 Å². The Morgan fingerprint density at radius 1 is 1.12 bits per heavy atom. The number of sulfonamides is 1. The Labute approximate surface area is 190 Å². The summed E-state index contributed by atoms with van der Waals surface area (Å²) in [6, 6.07) is 16.6. The zero-order valence-corrected chi connectivity index (χ0v) is 18.1. The highest BCUT2D eigenvalue weighted by Gasteiger charge is 2.39. The van der Waals surface area contributed by atoms with Gasteiger partial charge in [-0.15, -0.1) is 0 Å². The number of carbonyl (C=O) groups is 1. The molecule has 5 rings (SSSR count). The summed E-state index contributed by atoms with van der Waals surface area (Å²) in [6.07, 6.45) is 5.84. The summed E-state index contributed by atoms with van der Waals surface area (Å²) in [5, 5.41) is 16.0. The van der Waals surface area contributed by atoms with Crippen molar-refractivity contribution in [3.63, 3.8) is 0 Å². The van der Waals surface area contributed by atoms with E-state index in [2.05, 4.69) is 15.4 Å². The molecule has 33 heavy (non-hydrogen) atoms. The summed E-state index contributed by atoms with van der Waals surface area (Å²) < 4.78 is 30.0. The summed E-state index contributed by atoms with van der Waals surface area (Å²) in [6.45, 7) is 0. The van der Waals surface area contributed by atoms with E-state index in [1.807, 2.05) is 12.1 Å². The van der Waals surface area contributed by atoms with Crippen molar-refractivity contribution < 1.29 is 13.2 Å². The number of hydrogen-bond donors (Lipinski definition) is 1. The molecule has 0 atom stereocenters. The molecule has 1 N–H and O–H groups in total. The highest BCUT2D eigenvalue weighted by atomic mass is 32.2. The molecule has 0 radical (unpaired) electrons. The van der Waals surface area contributed by atoms with E-state index in [4.69, 9.17) is 5.26 Å². The van der Waals surface area contributed by atoms with Gasteiger partial charge >= 0.3 is 0 Å². The van der Waals surface area contributed by atoms with Gasteiger partial charge in [0.15, 0.2) is 0 Å². The lowest BCUT2D eigenvalue weighted by molar-refractivity contribution is 0.102. The van der Waals surface area contributed by atoms with Crippen LogP contribution in [-0.4, -0.2) is 35.0 Å². The Morgan fingerprint density at radius 3 is 2.58 bits per heavy atom. The maximum absolute atomic E-state index is 13.6. The Morgan fingerprint density at radius 2 is 1.91 bits per heavy atom. The van der Waals surface area contributed by atoms with Gasteiger partial charge in [-0.2, -0.15) is 10.4 Å². The highest BCUT2D eigenvalue weighted by Crippen LogP contribution is 2.36. The third-order valence-corrected chi connectivity index (χ3v) is 7.17. The molecule has 3 aromatic heterocycles. The molecule has 1 aromatic carbocycles. The molecular weight excluding hydrogens is 440 g/mol. The molecular formula is C23H18N6O3S. The highest BCUT2D eigenvalue weighted by molar-refractivity contribution is 7.92. The zero-order chi connectivity index (χ0) is 23.0. The van der Waals surface area contributed by atoms with Crippen molar-refractivity contribution >= 4 is 33.0 Å². The van der Waals surface area contributed by atoms with Gasteiger partial charge in [-0.1, -0.05) is 18.2 Å². The topological polar surface area (TPSA) is 120 Å². The number of aromatic nitrogens is 3. The van der Waals surface area contributed by atoms with Crippen LogP contribution in [0.2, 0.25) is 0 Å². The van der Waals surface area contributed by atoms with Crippen LogP contribution in [0.4, 0.5) is 11.5 Å². The molecule has 1 fully saturated rings. The Balaban J connectivity index is 1.51. The van der Waals surface area contributed by atoms with E-state index in [0.717, 1.165) is 12.8 Å². The van der Waals surface area contributed by atoms with Gasteiger partial charge in [-0.25, -0.2) is 22.2 Å². The molecule has 0 bridgehead atoms. The first-order valence-corrected chi connectivity index (χ1v) is 11.7. The largest absolute Gasteiger partial charge is 0.319 e. The molecule has 0 aliphatic heterocycles. The predicted octanol–water partition coefficient (Wildman–Crippen LogP) is 3.21. The second-order valence-electron chi connectivity index (χ2n) is 7.62. The Kier molecular flexibility index (Phi) is 5.03. The van der Waals surface area contributed by atoms with E-state index in [1.165, 1.54) is 45.6 Å². The third-order valence-electron chi connectivity index (χ3n) is 5.32. The van der Waals surface area contributed by atoms with E-state index < -0.39 is 10.0 Å². The van der Waals surface area contributed by atoms with Crippen molar-refractivity contribution in [2.75, 3.05) is 9.62 Å². The second kappa shape index (κ2) is 8.03. The Bertz CT molecular complexity index is 1490. The van der Waals surface area contributed by atoms with Crippen LogP contribution in [0.3, 0.4) is 0 Å². The molecule has 1 aliphatic carbocycles. The molecule has 9 nitrogen and oxygen atoms in total. The molecule has 0 saturated heterocycles. The number of rotatable bonds is 6. The fraction of sp³-hybridized carbons (Fsp3) is 0.130. The predicted molar refractivity (Wildman–Crippen MR) is 121 cm³/mol. The van der Waals surface area contributed by atoms with Crippen molar-refractivity contribution in [2.45, 2.75) is 23.8 Å².